The molecule has 0 bridgehead atoms. The summed E-state index contributed by atoms with van der Waals surface area (Å²) in [6, 6.07) is 10.2. The minimum Gasteiger partial charge on any atom is -0.475 e. The molecule has 1 aliphatic rings. The fourth-order valence-electron chi connectivity index (χ4n) is 3.33. The molecule has 1 aromatic carbocycles. The summed E-state index contributed by atoms with van der Waals surface area (Å²) in [7, 11) is 0. The van der Waals surface area contributed by atoms with E-state index in [1.165, 1.54) is 6.42 Å². The predicted molar refractivity (Wildman–Crippen MR) is 105 cm³/mol. The molecule has 1 fully saturated rings. The topological polar surface area (TPSA) is 49.2 Å². The summed E-state index contributed by atoms with van der Waals surface area (Å²) in [5, 5.41) is 6.02. The predicted octanol–water partition coefficient (Wildman–Crippen LogP) is 5.35. The van der Waals surface area contributed by atoms with Crippen LogP contribution in [0.2, 0.25) is 0 Å². The Morgan fingerprint density at radius 2 is 2.12 bits per heavy atom. The van der Waals surface area contributed by atoms with Crippen molar-refractivity contribution in [2.75, 3.05) is 6.61 Å². The van der Waals surface area contributed by atoms with Crippen molar-refractivity contribution >= 4 is 26.8 Å². The van der Waals surface area contributed by atoms with Gasteiger partial charge in [-0.1, -0.05) is 15.9 Å². The van der Waals surface area contributed by atoms with E-state index in [1.807, 2.05) is 36.7 Å². The standard InChI is InChI=1S/C20H22BrN3O2/c1-13(2)26-18-11-14(8-9-22-18)20-16-12-15(21)6-7-17(16)24(23-20)19-5-3-4-10-25-19/h6-9,11-13,19H,3-5,10H2,1-2H3. The maximum Gasteiger partial charge on any atom is 0.214 e. The fraction of sp³-hybridized carbons (Fsp3) is 0.400. The summed E-state index contributed by atoms with van der Waals surface area (Å²) in [5.74, 6) is 0.615. The molecule has 1 atom stereocenters. The zero-order valence-electron chi connectivity index (χ0n) is 15.0. The van der Waals surface area contributed by atoms with Crippen LogP contribution in [0.25, 0.3) is 22.2 Å². The largest absolute Gasteiger partial charge is 0.475 e. The Labute approximate surface area is 161 Å². The lowest BCUT2D eigenvalue weighted by Crippen LogP contribution is -2.19. The summed E-state index contributed by atoms with van der Waals surface area (Å²) in [5.41, 5.74) is 3.00. The molecule has 0 N–H and O–H groups in total. The number of rotatable bonds is 4. The van der Waals surface area contributed by atoms with Gasteiger partial charge in [0.1, 0.15) is 5.69 Å². The number of hydrogen-bond acceptors (Lipinski definition) is 4. The van der Waals surface area contributed by atoms with E-state index in [4.69, 9.17) is 14.6 Å². The van der Waals surface area contributed by atoms with Crippen LogP contribution in [0.4, 0.5) is 0 Å². The Morgan fingerprint density at radius 1 is 1.23 bits per heavy atom. The van der Waals surface area contributed by atoms with Crippen LogP contribution in [0.1, 0.15) is 39.3 Å². The van der Waals surface area contributed by atoms with E-state index in [1.54, 1.807) is 6.20 Å². The van der Waals surface area contributed by atoms with Crippen molar-refractivity contribution in [1.82, 2.24) is 14.8 Å². The Morgan fingerprint density at radius 3 is 2.88 bits per heavy atom. The fourth-order valence-corrected chi connectivity index (χ4v) is 3.69. The smallest absolute Gasteiger partial charge is 0.214 e. The average Bonchev–Trinajstić information content (AvgIpc) is 3.01. The highest BCUT2D eigenvalue weighted by atomic mass is 79.9. The van der Waals surface area contributed by atoms with E-state index in [0.717, 1.165) is 46.1 Å². The zero-order valence-corrected chi connectivity index (χ0v) is 16.6. The second-order valence-corrected chi connectivity index (χ2v) is 7.74. The number of benzene rings is 1. The molecule has 0 saturated carbocycles. The van der Waals surface area contributed by atoms with E-state index in [-0.39, 0.29) is 12.3 Å². The third-order valence-corrected chi connectivity index (χ3v) is 4.95. The monoisotopic (exact) mass is 415 g/mol. The first kappa shape index (κ1) is 17.5. The van der Waals surface area contributed by atoms with Crippen molar-refractivity contribution < 1.29 is 9.47 Å². The highest BCUT2D eigenvalue weighted by Crippen LogP contribution is 2.35. The molecule has 0 aliphatic carbocycles. The molecule has 1 aliphatic heterocycles. The van der Waals surface area contributed by atoms with Gasteiger partial charge in [0, 0.05) is 34.3 Å². The first-order valence-corrected chi connectivity index (χ1v) is 9.83. The van der Waals surface area contributed by atoms with E-state index in [2.05, 4.69) is 33.0 Å². The molecule has 2 aromatic heterocycles. The number of aromatic nitrogens is 3. The van der Waals surface area contributed by atoms with Crippen molar-refractivity contribution in [2.45, 2.75) is 45.4 Å². The van der Waals surface area contributed by atoms with Crippen LogP contribution in [-0.2, 0) is 4.74 Å². The molecule has 3 heterocycles. The van der Waals surface area contributed by atoms with E-state index in [9.17, 15) is 0 Å². The lowest BCUT2D eigenvalue weighted by Gasteiger charge is -2.23. The molecule has 0 spiro atoms. The lowest BCUT2D eigenvalue weighted by atomic mass is 10.1. The minimum absolute atomic E-state index is 0.00519. The highest BCUT2D eigenvalue weighted by Gasteiger charge is 2.22. The summed E-state index contributed by atoms with van der Waals surface area (Å²) in [4.78, 5) is 4.31. The summed E-state index contributed by atoms with van der Waals surface area (Å²) >= 11 is 3.59. The second kappa shape index (κ2) is 7.37. The summed E-state index contributed by atoms with van der Waals surface area (Å²) in [6.07, 6.45) is 5.12. The van der Waals surface area contributed by atoms with Crippen LogP contribution in [0.5, 0.6) is 5.88 Å². The van der Waals surface area contributed by atoms with Crippen molar-refractivity contribution in [2.24, 2.45) is 0 Å². The quantitative estimate of drug-likeness (QED) is 0.576. The number of ether oxygens (including phenoxy) is 2. The van der Waals surface area contributed by atoms with E-state index < -0.39 is 0 Å². The maximum atomic E-state index is 5.98. The summed E-state index contributed by atoms with van der Waals surface area (Å²) < 4.78 is 14.8. The Bertz CT molecular complexity index is 917. The van der Waals surface area contributed by atoms with Gasteiger partial charge < -0.3 is 9.47 Å². The minimum atomic E-state index is -0.00519. The van der Waals surface area contributed by atoms with Gasteiger partial charge in [0.05, 0.1) is 11.6 Å². The number of halogens is 1. The number of nitrogens with zero attached hydrogens (tertiary/aromatic N) is 3. The Hall–Kier alpha value is -1.92. The van der Waals surface area contributed by atoms with Gasteiger partial charge in [0.2, 0.25) is 5.88 Å². The Kier molecular flexibility index (Phi) is 4.96. The van der Waals surface area contributed by atoms with Crippen molar-refractivity contribution in [3.05, 3.63) is 41.0 Å². The van der Waals surface area contributed by atoms with Gasteiger partial charge in [0.25, 0.3) is 0 Å². The lowest BCUT2D eigenvalue weighted by molar-refractivity contribution is -0.0365. The van der Waals surface area contributed by atoms with Crippen LogP contribution >= 0.6 is 15.9 Å². The SMILES string of the molecule is CC(C)Oc1cc(-c2nn(C3CCCCO3)c3ccc(Br)cc23)ccn1. The van der Waals surface area contributed by atoms with Gasteiger partial charge in [-0.25, -0.2) is 9.67 Å². The third kappa shape index (κ3) is 3.48. The molecule has 1 unspecified atom stereocenters. The first-order chi connectivity index (χ1) is 12.6. The molecular weight excluding hydrogens is 394 g/mol. The molecule has 26 heavy (non-hydrogen) atoms. The van der Waals surface area contributed by atoms with E-state index >= 15 is 0 Å². The number of pyridine rings is 1. The van der Waals surface area contributed by atoms with Crippen molar-refractivity contribution in [1.29, 1.82) is 0 Å². The van der Waals surface area contributed by atoms with Gasteiger partial charge in [-0.15, -0.1) is 0 Å². The van der Waals surface area contributed by atoms with Crippen LogP contribution in [0.15, 0.2) is 41.0 Å². The maximum absolute atomic E-state index is 5.98. The van der Waals surface area contributed by atoms with Crippen molar-refractivity contribution in [3.63, 3.8) is 0 Å². The molecule has 4 rings (SSSR count). The Balaban J connectivity index is 1.83. The van der Waals surface area contributed by atoms with Crippen LogP contribution < -0.4 is 4.74 Å². The molecule has 1 saturated heterocycles. The summed E-state index contributed by atoms with van der Waals surface area (Å²) in [6.45, 7) is 4.78. The van der Waals surface area contributed by atoms with E-state index in [0.29, 0.717) is 5.88 Å². The van der Waals surface area contributed by atoms with Gasteiger partial charge in [-0.2, -0.15) is 5.10 Å². The zero-order chi connectivity index (χ0) is 18.1. The van der Waals surface area contributed by atoms with Crippen molar-refractivity contribution in [3.8, 4) is 17.1 Å². The van der Waals surface area contributed by atoms with Crippen LogP contribution in [0, 0.1) is 0 Å². The van der Waals surface area contributed by atoms with Gasteiger partial charge >= 0.3 is 0 Å². The molecule has 136 valence electrons. The van der Waals surface area contributed by atoms with Crippen LogP contribution in [0.3, 0.4) is 0 Å². The molecular formula is C20H22BrN3O2. The second-order valence-electron chi connectivity index (χ2n) is 6.83. The molecule has 5 nitrogen and oxygen atoms in total. The normalized spacial score (nSPS) is 17.8. The van der Waals surface area contributed by atoms with Gasteiger partial charge in [0.15, 0.2) is 6.23 Å². The first-order valence-electron chi connectivity index (χ1n) is 9.04. The molecule has 0 amide bonds. The molecule has 6 heteroatoms. The van der Waals surface area contributed by atoms with Gasteiger partial charge in [-0.05, 0) is 57.4 Å². The third-order valence-electron chi connectivity index (χ3n) is 4.46. The highest BCUT2D eigenvalue weighted by molar-refractivity contribution is 9.10. The molecule has 0 radical (unpaired) electrons. The molecule has 3 aromatic rings. The number of hydrogen-bond donors (Lipinski definition) is 0. The van der Waals surface area contributed by atoms with Crippen LogP contribution in [-0.4, -0.2) is 27.5 Å². The van der Waals surface area contributed by atoms with Gasteiger partial charge in [-0.3, -0.25) is 0 Å². The number of fused-ring (bicyclic) bond motifs is 1. The average molecular weight is 416 g/mol.